The fraction of sp³-hybridized carbons (Fsp3) is 0.400. The molecule has 1 aromatic heterocycles. The van der Waals surface area contributed by atoms with Crippen LogP contribution >= 0.6 is 11.3 Å². The molecule has 2 aromatic rings. The van der Waals surface area contributed by atoms with Crippen molar-refractivity contribution in [3.05, 3.63) is 28.6 Å². The second-order valence-electron chi connectivity index (χ2n) is 5.08. The van der Waals surface area contributed by atoms with Gasteiger partial charge in [-0.05, 0) is 37.6 Å². The summed E-state index contributed by atoms with van der Waals surface area (Å²) in [7, 11) is 0. The summed E-state index contributed by atoms with van der Waals surface area (Å²) in [6, 6.07) is 6.48. The zero-order chi connectivity index (χ0) is 13.4. The zero-order valence-electron chi connectivity index (χ0n) is 11.1. The molecule has 2 aliphatic rings. The van der Waals surface area contributed by atoms with E-state index >= 15 is 0 Å². The summed E-state index contributed by atoms with van der Waals surface area (Å²) in [6.45, 7) is 2.34. The molecule has 1 aromatic carbocycles. The molecule has 1 N–H and O–H groups in total. The second kappa shape index (κ2) is 5.07. The molecule has 0 amide bonds. The van der Waals surface area contributed by atoms with Crippen molar-refractivity contribution in [1.29, 1.82) is 0 Å². The Hall–Kier alpha value is -1.59. The SMILES string of the molecule is c1cc2c(cc1-c1csc(C3CCCN3)n1)OCCO2. The van der Waals surface area contributed by atoms with Crippen LogP contribution in [0.4, 0.5) is 0 Å². The number of ether oxygens (including phenoxy) is 2. The Morgan fingerprint density at radius 1 is 1.20 bits per heavy atom. The van der Waals surface area contributed by atoms with Crippen molar-refractivity contribution in [2.24, 2.45) is 0 Å². The molecule has 1 fully saturated rings. The average Bonchev–Trinajstić information content (AvgIpc) is 3.17. The molecule has 1 unspecified atom stereocenters. The van der Waals surface area contributed by atoms with Crippen LogP contribution in [0.25, 0.3) is 11.3 Å². The van der Waals surface area contributed by atoms with Crippen molar-refractivity contribution in [2.45, 2.75) is 18.9 Å². The molecule has 4 nitrogen and oxygen atoms in total. The van der Waals surface area contributed by atoms with E-state index < -0.39 is 0 Å². The second-order valence-corrected chi connectivity index (χ2v) is 5.97. The van der Waals surface area contributed by atoms with Crippen LogP contribution in [0.3, 0.4) is 0 Å². The molecular formula is C15H16N2O2S. The molecule has 3 heterocycles. The minimum absolute atomic E-state index is 0.436. The highest BCUT2D eigenvalue weighted by atomic mass is 32.1. The van der Waals surface area contributed by atoms with Crippen LogP contribution in [0.5, 0.6) is 11.5 Å². The van der Waals surface area contributed by atoms with Gasteiger partial charge in [0.25, 0.3) is 0 Å². The molecule has 20 heavy (non-hydrogen) atoms. The molecule has 104 valence electrons. The molecule has 4 rings (SSSR count). The molecule has 0 spiro atoms. The van der Waals surface area contributed by atoms with Crippen molar-refractivity contribution in [2.75, 3.05) is 19.8 Å². The lowest BCUT2D eigenvalue weighted by Gasteiger charge is -2.18. The molecule has 0 aliphatic carbocycles. The van der Waals surface area contributed by atoms with E-state index in [0.717, 1.165) is 29.3 Å². The Bertz CT molecular complexity index is 620. The lowest BCUT2D eigenvalue weighted by molar-refractivity contribution is 0.171. The normalized spacial score (nSPS) is 21.1. The van der Waals surface area contributed by atoms with Gasteiger partial charge in [-0.25, -0.2) is 4.98 Å². The smallest absolute Gasteiger partial charge is 0.162 e. The molecule has 1 saturated heterocycles. The molecule has 1 atom stereocenters. The Labute approximate surface area is 121 Å². The number of rotatable bonds is 2. The standard InChI is InChI=1S/C15H16N2O2S/c1-2-11(16-5-1)15-17-12(9-20-15)10-3-4-13-14(8-10)19-7-6-18-13/h3-4,8-9,11,16H,1-2,5-7H2. The highest BCUT2D eigenvalue weighted by Crippen LogP contribution is 2.36. The van der Waals surface area contributed by atoms with Crippen LogP contribution in [0.1, 0.15) is 23.9 Å². The maximum atomic E-state index is 5.63. The van der Waals surface area contributed by atoms with Gasteiger partial charge in [-0.3, -0.25) is 0 Å². The lowest BCUT2D eigenvalue weighted by atomic mass is 10.1. The number of aromatic nitrogens is 1. The van der Waals surface area contributed by atoms with E-state index in [1.165, 1.54) is 17.8 Å². The van der Waals surface area contributed by atoms with Gasteiger partial charge in [0.2, 0.25) is 0 Å². The van der Waals surface area contributed by atoms with Gasteiger partial charge < -0.3 is 14.8 Å². The first-order valence-corrected chi connectivity index (χ1v) is 7.87. The maximum absolute atomic E-state index is 5.63. The first-order chi connectivity index (χ1) is 9.90. The van der Waals surface area contributed by atoms with Gasteiger partial charge in [0.05, 0.1) is 11.7 Å². The number of hydrogen-bond acceptors (Lipinski definition) is 5. The van der Waals surface area contributed by atoms with Gasteiger partial charge in [0.15, 0.2) is 11.5 Å². The summed E-state index contributed by atoms with van der Waals surface area (Å²) < 4.78 is 11.2. The fourth-order valence-electron chi connectivity index (χ4n) is 2.68. The van der Waals surface area contributed by atoms with Crippen molar-refractivity contribution < 1.29 is 9.47 Å². The third-order valence-electron chi connectivity index (χ3n) is 3.72. The number of benzene rings is 1. The summed E-state index contributed by atoms with van der Waals surface area (Å²) in [5, 5.41) is 6.80. The van der Waals surface area contributed by atoms with E-state index in [1.54, 1.807) is 11.3 Å². The number of thiazole rings is 1. The highest BCUT2D eigenvalue weighted by molar-refractivity contribution is 7.10. The number of fused-ring (bicyclic) bond motifs is 1. The van der Waals surface area contributed by atoms with Crippen LogP contribution in [0.15, 0.2) is 23.6 Å². The van der Waals surface area contributed by atoms with E-state index in [-0.39, 0.29) is 0 Å². The van der Waals surface area contributed by atoms with Crippen molar-refractivity contribution in [3.8, 4) is 22.8 Å². The van der Waals surface area contributed by atoms with Gasteiger partial charge in [-0.1, -0.05) is 0 Å². The van der Waals surface area contributed by atoms with Gasteiger partial charge in [-0.2, -0.15) is 0 Å². The molecule has 0 radical (unpaired) electrons. The Morgan fingerprint density at radius 3 is 2.95 bits per heavy atom. The van der Waals surface area contributed by atoms with Crippen LogP contribution in [-0.4, -0.2) is 24.7 Å². The van der Waals surface area contributed by atoms with Gasteiger partial charge >= 0.3 is 0 Å². The number of nitrogens with zero attached hydrogens (tertiary/aromatic N) is 1. The van der Waals surface area contributed by atoms with Gasteiger partial charge in [0, 0.05) is 10.9 Å². The van der Waals surface area contributed by atoms with Crippen molar-refractivity contribution >= 4 is 11.3 Å². The maximum Gasteiger partial charge on any atom is 0.162 e. The van der Waals surface area contributed by atoms with Crippen LogP contribution in [-0.2, 0) is 0 Å². The minimum Gasteiger partial charge on any atom is -0.486 e. The fourth-order valence-corrected chi connectivity index (χ4v) is 3.62. The van der Waals surface area contributed by atoms with E-state index in [4.69, 9.17) is 14.5 Å². The number of hydrogen-bond donors (Lipinski definition) is 1. The third kappa shape index (κ3) is 2.17. The highest BCUT2D eigenvalue weighted by Gasteiger charge is 2.20. The van der Waals surface area contributed by atoms with Gasteiger partial charge in [-0.15, -0.1) is 11.3 Å². The summed E-state index contributed by atoms with van der Waals surface area (Å²) in [5.41, 5.74) is 2.12. The Morgan fingerprint density at radius 2 is 2.10 bits per heavy atom. The Balaban J connectivity index is 1.63. The predicted octanol–water partition coefficient (Wildman–Crippen LogP) is 3.01. The van der Waals surface area contributed by atoms with E-state index in [2.05, 4.69) is 16.8 Å². The van der Waals surface area contributed by atoms with Crippen molar-refractivity contribution in [1.82, 2.24) is 10.3 Å². The molecule has 0 saturated carbocycles. The first kappa shape index (κ1) is 12.2. The predicted molar refractivity (Wildman–Crippen MR) is 78.5 cm³/mol. The van der Waals surface area contributed by atoms with Crippen LogP contribution in [0, 0.1) is 0 Å². The average molecular weight is 288 g/mol. The summed E-state index contributed by atoms with van der Waals surface area (Å²) in [4.78, 5) is 4.77. The Kier molecular flexibility index (Phi) is 3.09. The zero-order valence-corrected chi connectivity index (χ0v) is 11.9. The lowest BCUT2D eigenvalue weighted by Crippen LogP contribution is -2.15. The van der Waals surface area contributed by atoms with Crippen LogP contribution < -0.4 is 14.8 Å². The molecular weight excluding hydrogens is 272 g/mol. The quantitative estimate of drug-likeness (QED) is 0.922. The van der Waals surface area contributed by atoms with E-state index in [9.17, 15) is 0 Å². The topological polar surface area (TPSA) is 43.4 Å². The van der Waals surface area contributed by atoms with E-state index in [0.29, 0.717) is 19.3 Å². The molecule has 0 bridgehead atoms. The largest absolute Gasteiger partial charge is 0.486 e. The number of nitrogens with one attached hydrogen (secondary N) is 1. The van der Waals surface area contributed by atoms with Gasteiger partial charge in [0.1, 0.15) is 18.2 Å². The minimum atomic E-state index is 0.436. The third-order valence-corrected chi connectivity index (χ3v) is 4.68. The van der Waals surface area contributed by atoms with Crippen molar-refractivity contribution in [3.63, 3.8) is 0 Å². The molecule has 5 heteroatoms. The van der Waals surface area contributed by atoms with E-state index in [1.807, 2.05) is 12.1 Å². The molecule has 2 aliphatic heterocycles. The summed E-state index contributed by atoms with van der Waals surface area (Å²) in [5.74, 6) is 1.65. The summed E-state index contributed by atoms with van der Waals surface area (Å²) >= 11 is 1.73. The summed E-state index contributed by atoms with van der Waals surface area (Å²) in [6.07, 6.45) is 2.43. The van der Waals surface area contributed by atoms with Crippen LogP contribution in [0.2, 0.25) is 0 Å². The first-order valence-electron chi connectivity index (χ1n) is 6.99. The monoisotopic (exact) mass is 288 g/mol.